The lowest BCUT2D eigenvalue weighted by atomic mass is 10.2. The van der Waals surface area contributed by atoms with E-state index in [1.54, 1.807) is 36.4 Å². The molecule has 4 nitrogen and oxygen atoms in total. The minimum atomic E-state index is -1.02. The minimum absolute atomic E-state index is 0.131. The Hall–Kier alpha value is -2.40. The fourth-order valence-electron chi connectivity index (χ4n) is 1.87. The van der Waals surface area contributed by atoms with Crippen LogP contribution in [0.4, 0.5) is 4.39 Å². The third-order valence-corrected chi connectivity index (χ3v) is 2.93. The predicted molar refractivity (Wildman–Crippen MR) is 77.0 cm³/mol. The Bertz CT molecular complexity index is 616. The summed E-state index contributed by atoms with van der Waals surface area (Å²) in [6.07, 6.45) is 0. The van der Waals surface area contributed by atoms with Crippen molar-refractivity contribution in [1.82, 2.24) is 5.32 Å². The molecule has 21 heavy (non-hydrogen) atoms. The summed E-state index contributed by atoms with van der Waals surface area (Å²) in [6, 6.07) is 13.0. The highest BCUT2D eigenvalue weighted by Crippen LogP contribution is 2.17. The van der Waals surface area contributed by atoms with Gasteiger partial charge in [-0.1, -0.05) is 30.3 Å². The molecule has 2 aromatic carbocycles. The van der Waals surface area contributed by atoms with Crippen molar-refractivity contribution >= 4 is 5.97 Å². The maximum absolute atomic E-state index is 13.4. The first kappa shape index (κ1) is 15.0. The molecular weight excluding hydrogens is 273 g/mol. The second-order valence-electron chi connectivity index (χ2n) is 4.42. The molecule has 0 unspecified atom stereocenters. The van der Waals surface area contributed by atoms with Crippen LogP contribution in [0.15, 0.2) is 48.5 Å². The Morgan fingerprint density at radius 2 is 1.86 bits per heavy atom. The first-order chi connectivity index (χ1) is 10.2. The van der Waals surface area contributed by atoms with Crippen LogP contribution in [0.5, 0.6) is 5.75 Å². The molecule has 2 aromatic rings. The lowest BCUT2D eigenvalue weighted by Crippen LogP contribution is -2.21. The number of carbonyl (C=O) groups is 1. The second-order valence-corrected chi connectivity index (χ2v) is 4.42. The van der Waals surface area contributed by atoms with E-state index < -0.39 is 5.97 Å². The van der Waals surface area contributed by atoms with E-state index in [4.69, 9.17) is 9.84 Å². The van der Waals surface area contributed by atoms with Crippen LogP contribution in [0.2, 0.25) is 0 Å². The number of hydrogen-bond acceptors (Lipinski definition) is 3. The molecule has 0 aromatic heterocycles. The van der Waals surface area contributed by atoms with E-state index in [1.165, 1.54) is 12.1 Å². The minimum Gasteiger partial charge on any atom is -0.491 e. The number of ether oxygens (including phenoxy) is 1. The molecule has 0 bridgehead atoms. The zero-order valence-electron chi connectivity index (χ0n) is 11.4. The maximum atomic E-state index is 13.4. The first-order valence-electron chi connectivity index (χ1n) is 6.57. The topological polar surface area (TPSA) is 58.6 Å². The molecule has 0 radical (unpaired) electrons. The van der Waals surface area contributed by atoms with Gasteiger partial charge in [0.1, 0.15) is 23.7 Å². The number of halogens is 1. The molecule has 2 rings (SSSR count). The summed E-state index contributed by atoms with van der Waals surface area (Å²) in [5.74, 6) is -0.940. The molecule has 0 fully saturated rings. The largest absolute Gasteiger partial charge is 0.491 e. The zero-order chi connectivity index (χ0) is 15.1. The summed E-state index contributed by atoms with van der Waals surface area (Å²) in [5.41, 5.74) is 0.718. The van der Waals surface area contributed by atoms with Crippen LogP contribution < -0.4 is 10.1 Å². The number of carboxylic acids is 1. The molecule has 0 aliphatic heterocycles. The molecule has 0 aliphatic rings. The lowest BCUT2D eigenvalue weighted by Gasteiger charge is -2.10. The Morgan fingerprint density at radius 1 is 1.14 bits per heavy atom. The average Bonchev–Trinajstić information content (AvgIpc) is 2.49. The van der Waals surface area contributed by atoms with E-state index >= 15 is 0 Å². The van der Waals surface area contributed by atoms with Gasteiger partial charge in [-0.25, -0.2) is 9.18 Å². The van der Waals surface area contributed by atoms with Gasteiger partial charge in [-0.15, -0.1) is 0 Å². The highest BCUT2D eigenvalue weighted by atomic mass is 19.1. The quantitative estimate of drug-likeness (QED) is 0.769. The Kier molecular flexibility index (Phi) is 5.29. The van der Waals surface area contributed by atoms with Gasteiger partial charge in [0, 0.05) is 18.7 Å². The van der Waals surface area contributed by atoms with Crippen molar-refractivity contribution in [3.63, 3.8) is 0 Å². The Labute approximate surface area is 122 Å². The highest BCUT2D eigenvalue weighted by molar-refractivity contribution is 5.90. The van der Waals surface area contributed by atoms with Crippen molar-refractivity contribution < 1.29 is 19.0 Å². The van der Waals surface area contributed by atoms with E-state index in [9.17, 15) is 9.18 Å². The van der Waals surface area contributed by atoms with E-state index in [2.05, 4.69) is 5.32 Å². The summed E-state index contributed by atoms with van der Waals surface area (Å²) in [4.78, 5) is 11.0. The molecule has 0 heterocycles. The van der Waals surface area contributed by atoms with Crippen LogP contribution >= 0.6 is 0 Å². The van der Waals surface area contributed by atoms with Crippen molar-refractivity contribution in [2.45, 2.75) is 6.54 Å². The molecule has 0 aliphatic carbocycles. The molecule has 0 saturated heterocycles. The van der Waals surface area contributed by atoms with Gasteiger partial charge in [0.2, 0.25) is 0 Å². The van der Waals surface area contributed by atoms with Crippen LogP contribution in [0.25, 0.3) is 0 Å². The van der Waals surface area contributed by atoms with Gasteiger partial charge in [0.15, 0.2) is 0 Å². The van der Waals surface area contributed by atoms with E-state index in [0.717, 1.165) is 0 Å². The molecule has 0 saturated carbocycles. The number of para-hydroxylation sites is 1. The van der Waals surface area contributed by atoms with Crippen LogP contribution in [0, 0.1) is 5.82 Å². The molecule has 2 N–H and O–H groups in total. The van der Waals surface area contributed by atoms with Gasteiger partial charge in [0.25, 0.3) is 0 Å². The summed E-state index contributed by atoms with van der Waals surface area (Å²) >= 11 is 0. The normalized spacial score (nSPS) is 10.3. The maximum Gasteiger partial charge on any atom is 0.339 e. The third kappa shape index (κ3) is 4.29. The number of hydrogen-bond donors (Lipinski definition) is 2. The average molecular weight is 289 g/mol. The standard InChI is InChI=1S/C16H16FNO3/c17-14-7-3-1-5-12(14)11-18-9-10-21-15-8-4-2-6-13(15)16(19)20/h1-8,18H,9-11H2,(H,19,20). The van der Waals surface area contributed by atoms with Gasteiger partial charge >= 0.3 is 5.97 Å². The number of benzene rings is 2. The van der Waals surface area contributed by atoms with Gasteiger partial charge in [-0.05, 0) is 18.2 Å². The lowest BCUT2D eigenvalue weighted by molar-refractivity contribution is 0.0692. The molecule has 0 spiro atoms. The van der Waals surface area contributed by atoms with Crippen LogP contribution in [0.1, 0.15) is 15.9 Å². The zero-order valence-corrected chi connectivity index (χ0v) is 11.4. The van der Waals surface area contributed by atoms with Crippen LogP contribution in [-0.2, 0) is 6.54 Å². The van der Waals surface area contributed by atoms with Crippen LogP contribution in [-0.4, -0.2) is 24.2 Å². The first-order valence-corrected chi connectivity index (χ1v) is 6.57. The predicted octanol–water partition coefficient (Wildman–Crippen LogP) is 2.69. The fraction of sp³-hybridized carbons (Fsp3) is 0.188. The molecule has 0 atom stereocenters. The van der Waals surface area contributed by atoms with Crippen molar-refractivity contribution in [1.29, 1.82) is 0 Å². The summed E-state index contributed by atoms with van der Waals surface area (Å²) in [7, 11) is 0. The number of rotatable bonds is 7. The summed E-state index contributed by atoms with van der Waals surface area (Å²) < 4.78 is 18.8. The SMILES string of the molecule is O=C(O)c1ccccc1OCCNCc1ccccc1F. The van der Waals surface area contributed by atoms with E-state index in [-0.39, 0.29) is 11.4 Å². The third-order valence-electron chi connectivity index (χ3n) is 2.93. The van der Waals surface area contributed by atoms with Gasteiger partial charge in [-0.2, -0.15) is 0 Å². The number of carboxylic acid groups (broad SMARTS) is 1. The van der Waals surface area contributed by atoms with Crippen molar-refractivity contribution in [2.75, 3.05) is 13.2 Å². The van der Waals surface area contributed by atoms with Crippen molar-refractivity contribution in [3.8, 4) is 5.75 Å². The molecule has 5 heteroatoms. The smallest absolute Gasteiger partial charge is 0.339 e. The number of aromatic carboxylic acids is 1. The fourth-order valence-corrected chi connectivity index (χ4v) is 1.87. The van der Waals surface area contributed by atoms with Gasteiger partial charge < -0.3 is 15.2 Å². The van der Waals surface area contributed by atoms with E-state index in [0.29, 0.717) is 31.0 Å². The van der Waals surface area contributed by atoms with Crippen LogP contribution in [0.3, 0.4) is 0 Å². The second kappa shape index (κ2) is 7.40. The Morgan fingerprint density at radius 3 is 2.62 bits per heavy atom. The van der Waals surface area contributed by atoms with E-state index in [1.807, 2.05) is 0 Å². The van der Waals surface area contributed by atoms with Crippen molar-refractivity contribution in [2.24, 2.45) is 0 Å². The molecule has 0 amide bonds. The summed E-state index contributed by atoms with van der Waals surface area (Å²) in [6.45, 7) is 1.19. The monoisotopic (exact) mass is 289 g/mol. The number of nitrogens with one attached hydrogen (secondary N) is 1. The van der Waals surface area contributed by atoms with Crippen molar-refractivity contribution in [3.05, 3.63) is 65.5 Å². The van der Waals surface area contributed by atoms with Gasteiger partial charge in [-0.3, -0.25) is 0 Å². The molecular formula is C16H16FNO3. The van der Waals surface area contributed by atoms with Gasteiger partial charge in [0.05, 0.1) is 0 Å². The summed E-state index contributed by atoms with van der Waals surface area (Å²) in [5, 5.41) is 12.1. The molecule has 110 valence electrons. The highest BCUT2D eigenvalue weighted by Gasteiger charge is 2.09. The Balaban J connectivity index is 1.78.